The molecule has 4 heterocycles. The van der Waals surface area contributed by atoms with E-state index >= 15 is 0 Å². The molecule has 0 saturated carbocycles. The number of carbonyl (C=O) groups excluding carboxylic acids is 1. The number of hydrogen-bond acceptors (Lipinski definition) is 12. The maximum Gasteiger partial charge on any atom is 0.264 e. The molecule has 16 heteroatoms. The molecule has 4 aliphatic rings. The van der Waals surface area contributed by atoms with E-state index in [-0.39, 0.29) is 40.5 Å². The number of benzene rings is 3. The van der Waals surface area contributed by atoms with Crippen molar-refractivity contribution in [3.63, 3.8) is 0 Å². The van der Waals surface area contributed by atoms with Gasteiger partial charge in [-0.2, -0.15) is 0 Å². The quantitative estimate of drug-likeness (QED) is 0.0348. The van der Waals surface area contributed by atoms with Crippen molar-refractivity contribution in [1.29, 1.82) is 0 Å². The second kappa shape index (κ2) is 22.9. The molecular weight excluding hydrogens is 880 g/mol. The molecule has 1 aromatic heterocycles. The summed E-state index contributed by atoms with van der Waals surface area (Å²) >= 11 is 1.39. The number of rotatable bonds is 18. The fraction of sp³-hybridized carbons (Fsp3) is 0.481. The van der Waals surface area contributed by atoms with Crippen molar-refractivity contribution in [3.8, 4) is 22.4 Å². The number of likely N-dealkylation sites (N-methyl/N-ethyl adjacent to an activating group) is 1. The van der Waals surface area contributed by atoms with E-state index in [1.54, 1.807) is 18.2 Å². The normalized spacial score (nSPS) is 19.4. The van der Waals surface area contributed by atoms with E-state index in [1.807, 2.05) is 14.0 Å². The third-order valence-electron chi connectivity index (χ3n) is 14.2. The number of aliphatic hydroxyl groups excluding tert-OH is 1. The number of aromatic nitrogens is 1. The maximum absolute atomic E-state index is 14.2. The van der Waals surface area contributed by atoms with Gasteiger partial charge in [0, 0.05) is 124 Å². The van der Waals surface area contributed by atoms with E-state index < -0.39 is 0 Å². The van der Waals surface area contributed by atoms with Crippen LogP contribution in [0, 0.1) is 22.9 Å². The van der Waals surface area contributed by atoms with Gasteiger partial charge in [0.1, 0.15) is 11.9 Å². The highest BCUT2D eigenvalue weighted by atomic mass is 32.2. The van der Waals surface area contributed by atoms with Crippen molar-refractivity contribution in [2.75, 3.05) is 107 Å². The number of nitrogens with one attached hydrogen (secondary N) is 3. The van der Waals surface area contributed by atoms with E-state index in [9.17, 15) is 24.4 Å². The third-order valence-corrected chi connectivity index (χ3v) is 15.1. The summed E-state index contributed by atoms with van der Waals surface area (Å²) in [6.07, 6.45) is 7.47. The SMILES string of the molecule is Cc1c(C(=O)NCCCN2CCN(C)CC2)c(-c2cccc(N3CCN(c4ccc(NSC5=CCC(N[C@@H](C)CCN6CCC(O)CC6)C([N+](=O)[O-])=C5)cc4)CC3)c2)c(-c2ccc(F)cc2)n1C. The van der Waals surface area contributed by atoms with Gasteiger partial charge in [-0.05, 0) is 150 Å². The van der Waals surface area contributed by atoms with E-state index in [0.29, 0.717) is 18.5 Å². The monoisotopic (exact) mass is 949 g/mol. The van der Waals surface area contributed by atoms with Gasteiger partial charge in [0.05, 0.1) is 22.3 Å². The van der Waals surface area contributed by atoms with E-state index in [4.69, 9.17) is 0 Å². The van der Waals surface area contributed by atoms with Gasteiger partial charge in [0.2, 0.25) is 0 Å². The van der Waals surface area contributed by atoms with Crippen LogP contribution in [0.25, 0.3) is 22.4 Å². The molecule has 4 N–H and O–H groups in total. The Labute approximate surface area is 405 Å². The number of piperazine rings is 2. The highest BCUT2D eigenvalue weighted by molar-refractivity contribution is 8.04. The van der Waals surface area contributed by atoms with Crippen LogP contribution in [0.4, 0.5) is 21.5 Å². The number of halogens is 1. The summed E-state index contributed by atoms with van der Waals surface area (Å²) in [5, 5.41) is 28.7. The summed E-state index contributed by atoms with van der Waals surface area (Å²) in [6, 6.07) is 23.1. The van der Waals surface area contributed by atoms with Crippen molar-refractivity contribution in [3.05, 3.63) is 123 Å². The second-order valence-corrected chi connectivity index (χ2v) is 19.8. The Balaban J connectivity index is 0.868. The van der Waals surface area contributed by atoms with Gasteiger partial charge < -0.3 is 49.5 Å². The fourth-order valence-electron chi connectivity index (χ4n) is 9.92. The summed E-state index contributed by atoms with van der Waals surface area (Å²) in [5.41, 5.74) is 8.34. The molecule has 0 spiro atoms. The van der Waals surface area contributed by atoms with E-state index in [0.717, 1.165) is 154 Å². The van der Waals surface area contributed by atoms with Crippen LogP contribution in [-0.2, 0) is 7.05 Å². The zero-order chi connectivity index (χ0) is 47.7. The van der Waals surface area contributed by atoms with Crippen LogP contribution in [0.5, 0.6) is 0 Å². The lowest BCUT2D eigenvalue weighted by Gasteiger charge is -2.37. The Bertz CT molecular complexity index is 2400. The Kier molecular flexibility index (Phi) is 16.6. The lowest BCUT2D eigenvalue weighted by Crippen LogP contribution is -2.46. The van der Waals surface area contributed by atoms with Crippen molar-refractivity contribution >= 4 is 34.9 Å². The summed E-state index contributed by atoms with van der Waals surface area (Å²) in [7, 11) is 4.14. The van der Waals surface area contributed by atoms with Gasteiger partial charge in [0.25, 0.3) is 11.6 Å². The molecule has 3 aliphatic heterocycles. The molecule has 3 fully saturated rings. The number of nitro groups is 1. The van der Waals surface area contributed by atoms with Crippen molar-refractivity contribution in [2.24, 2.45) is 7.05 Å². The van der Waals surface area contributed by atoms with Crippen LogP contribution < -0.4 is 25.2 Å². The minimum absolute atomic E-state index is 0.0972. The maximum atomic E-state index is 14.2. The zero-order valence-electron chi connectivity index (χ0n) is 40.1. The van der Waals surface area contributed by atoms with Crippen molar-refractivity contribution in [2.45, 2.75) is 64.1 Å². The number of aliphatic hydroxyl groups is 1. The smallest absolute Gasteiger partial charge is 0.264 e. The number of piperidine rings is 1. The Morgan fingerprint density at radius 1 is 0.868 bits per heavy atom. The molecule has 2 atom stereocenters. The first-order valence-corrected chi connectivity index (χ1v) is 25.2. The first kappa shape index (κ1) is 49.2. The predicted molar refractivity (Wildman–Crippen MR) is 274 cm³/mol. The fourth-order valence-corrected chi connectivity index (χ4v) is 10.7. The van der Waals surface area contributed by atoms with Gasteiger partial charge in [-0.3, -0.25) is 14.9 Å². The molecule has 0 bridgehead atoms. The number of amides is 1. The van der Waals surface area contributed by atoms with Crippen LogP contribution >= 0.6 is 11.9 Å². The Morgan fingerprint density at radius 3 is 2.24 bits per heavy atom. The average molecular weight is 949 g/mol. The molecule has 1 amide bonds. The van der Waals surface area contributed by atoms with Gasteiger partial charge >= 0.3 is 0 Å². The molecule has 1 unspecified atom stereocenters. The molecule has 3 aromatic carbocycles. The number of likely N-dealkylation sites (tertiary alicyclic amines) is 1. The molecule has 364 valence electrons. The first-order chi connectivity index (χ1) is 32.9. The summed E-state index contributed by atoms with van der Waals surface area (Å²) < 4.78 is 19.6. The predicted octanol–water partition coefficient (Wildman–Crippen LogP) is 7.20. The molecule has 68 heavy (non-hydrogen) atoms. The highest BCUT2D eigenvalue weighted by Crippen LogP contribution is 2.40. The van der Waals surface area contributed by atoms with Gasteiger partial charge in [-0.15, -0.1) is 0 Å². The number of anilines is 3. The van der Waals surface area contributed by atoms with Crippen LogP contribution in [0.1, 0.15) is 55.1 Å². The number of carbonyl (C=O) groups is 1. The van der Waals surface area contributed by atoms with Crippen LogP contribution in [-0.4, -0.2) is 146 Å². The Hall–Kier alpha value is -5.23. The van der Waals surface area contributed by atoms with E-state index in [1.165, 1.54) is 24.1 Å². The minimum Gasteiger partial charge on any atom is -0.393 e. The molecule has 8 rings (SSSR count). The summed E-state index contributed by atoms with van der Waals surface area (Å²) in [6.45, 7) is 15.8. The molecular formula is C52H69FN10O4S. The van der Waals surface area contributed by atoms with Gasteiger partial charge in [-0.1, -0.05) is 18.2 Å². The van der Waals surface area contributed by atoms with Gasteiger partial charge in [-0.25, -0.2) is 4.39 Å². The number of nitrogens with zero attached hydrogens (tertiary/aromatic N) is 7. The molecule has 3 saturated heterocycles. The summed E-state index contributed by atoms with van der Waals surface area (Å²) in [4.78, 5) is 38.8. The first-order valence-electron chi connectivity index (χ1n) is 24.4. The average Bonchev–Trinajstić information content (AvgIpc) is 3.62. The van der Waals surface area contributed by atoms with Crippen LogP contribution in [0.15, 0.2) is 95.6 Å². The molecule has 4 aromatic rings. The minimum atomic E-state index is -0.344. The standard InChI is InChI=1S/C52H69FN10O4S/c1-37(19-24-60-25-20-45(64)21-26-60)55-47-18-17-46(36-48(47)63(66)67)68-56-42-13-15-43(16-14-42)61-31-33-62(34-32-61)44-8-5-7-40(35-44)50-49(38(2)58(4)51(50)39-9-11-41(53)12-10-39)52(65)54-22-6-23-59-29-27-57(3)28-30-59/h5,7-17,35-37,45,47,55-56,64H,6,18-34H2,1-4H3,(H,54,65)/t37-,47?/m0/s1. The molecule has 0 radical (unpaired) electrons. The van der Waals surface area contributed by atoms with Crippen molar-refractivity contribution < 1.29 is 19.2 Å². The topological polar surface area (TPSA) is 138 Å². The molecule has 1 aliphatic carbocycles. The van der Waals surface area contributed by atoms with Crippen LogP contribution in [0.3, 0.4) is 0 Å². The van der Waals surface area contributed by atoms with Crippen LogP contribution in [0.2, 0.25) is 0 Å². The lowest BCUT2D eigenvalue weighted by atomic mass is 9.95. The number of allylic oxidation sites excluding steroid dienone is 1. The second-order valence-electron chi connectivity index (χ2n) is 18.9. The highest BCUT2D eigenvalue weighted by Gasteiger charge is 2.30. The largest absolute Gasteiger partial charge is 0.393 e. The Morgan fingerprint density at radius 2 is 1.54 bits per heavy atom. The molecule has 14 nitrogen and oxygen atoms in total. The van der Waals surface area contributed by atoms with Crippen molar-refractivity contribution in [1.82, 2.24) is 29.9 Å². The summed E-state index contributed by atoms with van der Waals surface area (Å²) in [5.74, 6) is -0.400. The lowest BCUT2D eigenvalue weighted by molar-refractivity contribution is -0.430. The zero-order valence-corrected chi connectivity index (χ0v) is 40.9. The van der Waals surface area contributed by atoms with Gasteiger partial charge in [0.15, 0.2) is 0 Å². The third kappa shape index (κ3) is 12.3. The van der Waals surface area contributed by atoms with E-state index in [2.05, 4.69) is 113 Å². The number of hydrogen-bond donors (Lipinski definition) is 4.